The van der Waals surface area contributed by atoms with Gasteiger partial charge in [-0.15, -0.1) is 0 Å². The van der Waals surface area contributed by atoms with Crippen molar-refractivity contribution in [2.24, 2.45) is 0 Å². The molecule has 4 heterocycles. The average Bonchev–Trinajstić information content (AvgIpc) is 3.19. The average molecular weight is 407 g/mol. The summed E-state index contributed by atoms with van der Waals surface area (Å²) in [5.74, 6) is 1.04. The molecular weight excluding hydrogens is 376 g/mol. The van der Waals surface area contributed by atoms with Gasteiger partial charge in [0.15, 0.2) is 5.82 Å². The van der Waals surface area contributed by atoms with Crippen LogP contribution in [0.5, 0.6) is 0 Å². The number of aromatic nitrogens is 2. The van der Waals surface area contributed by atoms with E-state index < -0.39 is 0 Å². The molecule has 0 saturated carbocycles. The number of carbonyl (C=O) groups excluding carboxylic acids is 1. The van der Waals surface area contributed by atoms with Crippen LogP contribution in [-0.4, -0.2) is 65.0 Å². The van der Waals surface area contributed by atoms with Gasteiger partial charge in [-0.1, -0.05) is 30.3 Å². The van der Waals surface area contributed by atoms with Crippen LogP contribution in [0.1, 0.15) is 43.4 Å². The highest BCUT2D eigenvalue weighted by Gasteiger charge is 2.43. The van der Waals surface area contributed by atoms with Gasteiger partial charge < -0.3 is 14.5 Å². The molecule has 2 fully saturated rings. The smallest absolute Gasteiger partial charge is 0.224 e. The summed E-state index contributed by atoms with van der Waals surface area (Å²) in [6, 6.07) is 10.5. The van der Waals surface area contributed by atoms with Gasteiger partial charge in [-0.25, -0.2) is 9.97 Å². The van der Waals surface area contributed by atoms with Crippen LogP contribution in [0, 0.1) is 0 Å². The first-order chi connectivity index (χ1) is 14.6. The number of likely N-dealkylation sites (tertiary alicyclic amines) is 2. The Balaban J connectivity index is 1.33. The lowest BCUT2D eigenvalue weighted by molar-refractivity contribution is -0.142. The molecule has 2 aromatic rings. The Morgan fingerprint density at radius 2 is 2.00 bits per heavy atom. The van der Waals surface area contributed by atoms with Crippen LogP contribution in [0.2, 0.25) is 0 Å². The van der Waals surface area contributed by atoms with Crippen molar-refractivity contribution in [2.75, 3.05) is 33.3 Å². The molecule has 1 atom stereocenters. The maximum Gasteiger partial charge on any atom is 0.224 e. The van der Waals surface area contributed by atoms with Crippen LogP contribution in [0.4, 0.5) is 0 Å². The number of piperidine rings is 1. The molecule has 30 heavy (non-hydrogen) atoms. The Bertz CT molecular complexity index is 909. The van der Waals surface area contributed by atoms with Gasteiger partial charge in [-0.3, -0.25) is 4.79 Å². The van der Waals surface area contributed by atoms with Gasteiger partial charge in [0.25, 0.3) is 0 Å². The summed E-state index contributed by atoms with van der Waals surface area (Å²) >= 11 is 0. The van der Waals surface area contributed by atoms with Gasteiger partial charge in [-0.2, -0.15) is 0 Å². The molecule has 158 valence electrons. The molecule has 0 radical (unpaired) electrons. The van der Waals surface area contributed by atoms with Gasteiger partial charge in [-0.05, 0) is 51.3 Å². The summed E-state index contributed by atoms with van der Waals surface area (Å²) in [4.78, 5) is 26.8. The number of hydrogen-bond donors (Lipinski definition) is 0. The normalized spacial score (nSPS) is 23.5. The lowest BCUT2D eigenvalue weighted by Gasteiger charge is -2.44. The maximum atomic E-state index is 12.9. The van der Waals surface area contributed by atoms with Crippen molar-refractivity contribution < 1.29 is 9.53 Å². The molecule has 2 saturated heterocycles. The number of rotatable bonds is 3. The van der Waals surface area contributed by atoms with Crippen LogP contribution in [0.25, 0.3) is 11.4 Å². The third-order valence-corrected chi connectivity index (χ3v) is 7.08. The molecule has 1 amide bonds. The molecule has 0 bridgehead atoms. The van der Waals surface area contributed by atoms with E-state index >= 15 is 0 Å². The van der Waals surface area contributed by atoms with E-state index in [1.54, 1.807) is 0 Å². The molecular formula is C24H30N4O2. The number of amides is 1. The van der Waals surface area contributed by atoms with Crippen LogP contribution in [0.15, 0.2) is 36.5 Å². The van der Waals surface area contributed by atoms with E-state index in [-0.39, 0.29) is 11.5 Å². The van der Waals surface area contributed by atoms with Crippen LogP contribution in [0.3, 0.4) is 0 Å². The Hall–Kier alpha value is -2.31. The summed E-state index contributed by atoms with van der Waals surface area (Å²) < 4.78 is 6.37. The maximum absolute atomic E-state index is 12.9. The van der Waals surface area contributed by atoms with Crippen LogP contribution >= 0.6 is 0 Å². The molecule has 0 aliphatic carbocycles. The molecule has 0 N–H and O–H groups in total. The zero-order chi connectivity index (χ0) is 20.6. The fourth-order valence-corrected chi connectivity index (χ4v) is 5.20. The van der Waals surface area contributed by atoms with E-state index in [2.05, 4.69) is 16.9 Å². The van der Waals surface area contributed by atoms with Crippen molar-refractivity contribution in [3.05, 3.63) is 47.8 Å². The fourth-order valence-electron chi connectivity index (χ4n) is 5.20. The zero-order valence-corrected chi connectivity index (χ0v) is 17.7. The number of benzene rings is 1. The quantitative estimate of drug-likeness (QED) is 0.784. The third-order valence-electron chi connectivity index (χ3n) is 7.08. The SMILES string of the molecule is CN1CCCC1CC(=O)N1CCC2(CC1)OCCc1cnc(-c3ccccc3)nc12. The number of hydrogen-bond acceptors (Lipinski definition) is 5. The minimum Gasteiger partial charge on any atom is -0.368 e. The summed E-state index contributed by atoms with van der Waals surface area (Å²) in [6.07, 6.45) is 7.41. The van der Waals surface area contributed by atoms with E-state index in [0.29, 0.717) is 19.1 Å². The monoisotopic (exact) mass is 406 g/mol. The minimum absolute atomic E-state index is 0.285. The first-order valence-electron chi connectivity index (χ1n) is 11.2. The second-order valence-corrected chi connectivity index (χ2v) is 8.89. The standard InChI is InChI=1S/C24H30N4O2/c1-27-12-5-8-20(27)16-21(29)28-13-10-24(11-14-28)22-19(9-15-30-24)17-25-23(26-22)18-6-3-2-4-7-18/h2-4,6-7,17,20H,5,8-16H2,1H3. The Morgan fingerprint density at radius 3 is 2.73 bits per heavy atom. The molecule has 3 aliphatic heterocycles. The highest BCUT2D eigenvalue weighted by Crippen LogP contribution is 2.41. The molecule has 5 rings (SSSR count). The molecule has 1 aromatic heterocycles. The van der Waals surface area contributed by atoms with Gasteiger partial charge in [0.2, 0.25) is 5.91 Å². The summed E-state index contributed by atoms with van der Waals surface area (Å²) in [5, 5.41) is 0. The van der Waals surface area contributed by atoms with Crippen LogP contribution in [-0.2, 0) is 21.6 Å². The third kappa shape index (κ3) is 3.63. The van der Waals surface area contributed by atoms with Crippen molar-refractivity contribution in [1.82, 2.24) is 19.8 Å². The van der Waals surface area contributed by atoms with Crippen molar-refractivity contribution >= 4 is 5.91 Å². The van der Waals surface area contributed by atoms with E-state index in [0.717, 1.165) is 62.4 Å². The fraction of sp³-hybridized carbons (Fsp3) is 0.542. The summed E-state index contributed by atoms with van der Waals surface area (Å²) in [6.45, 7) is 3.27. The van der Waals surface area contributed by atoms with Gasteiger partial charge in [0, 0.05) is 37.3 Å². The highest BCUT2D eigenvalue weighted by atomic mass is 16.5. The number of carbonyl (C=O) groups is 1. The number of nitrogens with zero attached hydrogens (tertiary/aromatic N) is 4. The lowest BCUT2D eigenvalue weighted by Crippen LogP contribution is -2.49. The van der Waals surface area contributed by atoms with E-state index in [9.17, 15) is 4.79 Å². The molecule has 6 nitrogen and oxygen atoms in total. The first kappa shape index (κ1) is 19.6. The van der Waals surface area contributed by atoms with E-state index in [1.807, 2.05) is 41.4 Å². The minimum atomic E-state index is -0.388. The molecule has 1 spiro atoms. The Labute approximate surface area is 178 Å². The zero-order valence-electron chi connectivity index (χ0n) is 17.7. The molecule has 3 aliphatic rings. The second-order valence-electron chi connectivity index (χ2n) is 8.89. The predicted octanol–water partition coefficient (Wildman–Crippen LogP) is 3.02. The molecule has 1 unspecified atom stereocenters. The van der Waals surface area contributed by atoms with Crippen molar-refractivity contribution in [1.29, 1.82) is 0 Å². The lowest BCUT2D eigenvalue weighted by atomic mass is 9.83. The van der Waals surface area contributed by atoms with Gasteiger partial charge in [0.1, 0.15) is 5.60 Å². The van der Waals surface area contributed by atoms with Gasteiger partial charge in [0.05, 0.1) is 12.3 Å². The van der Waals surface area contributed by atoms with Crippen molar-refractivity contribution in [2.45, 2.75) is 50.2 Å². The molecule has 1 aromatic carbocycles. The number of fused-ring (bicyclic) bond motifs is 2. The van der Waals surface area contributed by atoms with Crippen LogP contribution < -0.4 is 0 Å². The van der Waals surface area contributed by atoms with Gasteiger partial charge >= 0.3 is 0 Å². The second kappa shape index (κ2) is 8.08. The van der Waals surface area contributed by atoms with Crippen molar-refractivity contribution in [3.63, 3.8) is 0 Å². The van der Waals surface area contributed by atoms with Crippen molar-refractivity contribution in [3.8, 4) is 11.4 Å². The highest BCUT2D eigenvalue weighted by molar-refractivity contribution is 5.77. The molecule has 6 heteroatoms. The van der Waals surface area contributed by atoms with E-state index in [4.69, 9.17) is 9.72 Å². The summed E-state index contributed by atoms with van der Waals surface area (Å²) in [5.41, 5.74) is 2.86. The van der Waals surface area contributed by atoms with E-state index in [1.165, 1.54) is 12.0 Å². The Morgan fingerprint density at radius 1 is 1.20 bits per heavy atom. The largest absolute Gasteiger partial charge is 0.368 e. The summed E-state index contributed by atoms with van der Waals surface area (Å²) in [7, 11) is 2.13. The predicted molar refractivity (Wildman–Crippen MR) is 115 cm³/mol. The first-order valence-corrected chi connectivity index (χ1v) is 11.2. The topological polar surface area (TPSA) is 58.6 Å². The number of ether oxygens (including phenoxy) is 1. The Kier molecular flexibility index (Phi) is 5.29.